The number of ether oxygens (including phenoxy) is 4. The number of unbranched alkanes of at least 4 members (excludes halogenated alkanes) is 1. The number of phenols is 1. The highest BCUT2D eigenvalue weighted by Crippen LogP contribution is 2.49. The van der Waals surface area contributed by atoms with Crippen molar-refractivity contribution in [2.75, 3.05) is 29.7 Å². The number of imide groups is 1. The van der Waals surface area contributed by atoms with E-state index in [1.807, 2.05) is 6.92 Å². The van der Waals surface area contributed by atoms with Gasteiger partial charge in [0.05, 0.1) is 28.9 Å². The third-order valence-corrected chi connectivity index (χ3v) is 12.4. The molecule has 6 amide bonds. The first-order valence-electron chi connectivity index (χ1n) is 20.9. The Morgan fingerprint density at radius 2 is 1.72 bits per heavy atom. The highest BCUT2D eigenvalue weighted by atomic mass is 35.5. The molecule has 19 nitrogen and oxygen atoms in total. The van der Waals surface area contributed by atoms with Gasteiger partial charge in [0.2, 0.25) is 11.8 Å². The number of hydroxylamine groups is 2. The van der Waals surface area contributed by atoms with E-state index >= 15 is 0 Å². The molecule has 0 unspecified atom stereocenters. The molecule has 4 aliphatic rings. The molecule has 0 aromatic heterocycles. The number of nitrogens with zero attached hydrogens (tertiary/aromatic N) is 2. The highest BCUT2D eigenvalue weighted by Gasteiger charge is 2.64. The van der Waals surface area contributed by atoms with Gasteiger partial charge in [0.25, 0.3) is 11.8 Å². The van der Waals surface area contributed by atoms with E-state index in [9.17, 15) is 43.8 Å². The first kappa shape index (κ1) is 48.7. The molecule has 4 bridgehead atoms. The van der Waals surface area contributed by atoms with Gasteiger partial charge in [-0.1, -0.05) is 53.9 Å². The number of epoxide rings is 1. The second-order valence-electron chi connectivity index (χ2n) is 16.6. The molecule has 6 rings (SSSR count). The number of phenolic OH excluding ortho intramolecular Hbond substituents is 1. The van der Waals surface area contributed by atoms with Crippen LogP contribution in [0.5, 0.6) is 5.75 Å². The van der Waals surface area contributed by atoms with E-state index < -0.39 is 89.9 Å². The fourth-order valence-electron chi connectivity index (χ4n) is 8.02. The Morgan fingerprint density at radius 1 is 1.02 bits per heavy atom. The Balaban J connectivity index is 1.15. The second kappa shape index (κ2) is 20.2. The minimum atomic E-state index is -1.89. The van der Waals surface area contributed by atoms with Crippen molar-refractivity contribution in [3.05, 3.63) is 69.7 Å². The number of nitrogens with one attached hydrogen (secondary N) is 3. The molecule has 4 heterocycles. The molecule has 0 radical (unpaired) electrons. The van der Waals surface area contributed by atoms with E-state index in [1.54, 1.807) is 38.1 Å². The molecule has 3 fully saturated rings. The molecule has 65 heavy (non-hydrogen) atoms. The second-order valence-corrected chi connectivity index (χ2v) is 17.4. The molecular weight excluding hydrogens is 893 g/mol. The average Bonchev–Trinajstić information content (AvgIpc) is 3.85. The smallest absolute Gasteiger partial charge is 0.412 e. The molecule has 3 saturated heterocycles. The van der Waals surface area contributed by atoms with E-state index in [0.29, 0.717) is 29.2 Å². The molecule has 5 N–H and O–H groups in total. The van der Waals surface area contributed by atoms with Gasteiger partial charge >= 0.3 is 18.2 Å². The number of alkyl carbamates (subject to hydrolysis) is 1. The standard InChI is InChI=1S/C44H51Cl2N5O14/c1-23-9-8-10-32(61-5)44(60)22-31(62-42(59)49-44)24(2)40-43(3,64-40)33(21-37(56)50(4)29-18-25(17-23)19-30(52)39(29)46)63-41(58)48-28-14-13-26(20-27(28)45)47-34(53)11-6-7-12-38(57)65-51-35(54)15-16-36(51)55/h8-10,13-14,18-20,24,31-33,40,52,60H,6-7,11-12,15-17,21-22H2,1-5H3,(H,47,53)(H,48,58)(H,49,59)/b10-8+,23-9+/t24-,31+,32-,33+,40+,43+,44+/m1/s1. The quantitative estimate of drug-likeness (QED) is 0.107. The number of fused-ring (bicyclic) bond motifs is 5. The lowest BCUT2D eigenvalue weighted by molar-refractivity contribution is -0.197. The van der Waals surface area contributed by atoms with Crippen molar-refractivity contribution >= 4 is 82.0 Å². The molecule has 7 atom stereocenters. The minimum absolute atomic E-state index is 0.0182. The lowest BCUT2D eigenvalue weighted by Crippen LogP contribution is -2.63. The number of carbonyl (C=O) groups excluding carboxylic acids is 7. The fraction of sp³-hybridized carbons (Fsp3) is 0.477. The summed E-state index contributed by atoms with van der Waals surface area (Å²) >= 11 is 13.1. The van der Waals surface area contributed by atoms with Gasteiger partial charge in [-0.25, -0.2) is 14.4 Å². The van der Waals surface area contributed by atoms with Gasteiger partial charge in [-0.3, -0.25) is 29.8 Å². The number of hydrogen-bond donors (Lipinski definition) is 5. The Kier molecular flexibility index (Phi) is 15.1. The van der Waals surface area contributed by atoms with Crippen molar-refractivity contribution in [1.29, 1.82) is 0 Å². The number of halogens is 2. The summed E-state index contributed by atoms with van der Waals surface area (Å²) in [6.45, 7) is 5.23. The summed E-state index contributed by atoms with van der Waals surface area (Å²) in [5.74, 6) is -3.75. The Bertz CT molecular complexity index is 2290. The first-order chi connectivity index (χ1) is 30.7. The van der Waals surface area contributed by atoms with Crippen molar-refractivity contribution in [3.63, 3.8) is 0 Å². The zero-order valence-corrected chi connectivity index (χ0v) is 37.8. The van der Waals surface area contributed by atoms with Crippen LogP contribution in [0.25, 0.3) is 0 Å². The van der Waals surface area contributed by atoms with Gasteiger partial charge in [0, 0.05) is 57.9 Å². The maximum atomic E-state index is 14.1. The average molecular weight is 945 g/mol. The summed E-state index contributed by atoms with van der Waals surface area (Å²) in [5.41, 5.74) is -1.17. The molecule has 0 aliphatic carbocycles. The molecular formula is C44H51Cl2N5O14. The van der Waals surface area contributed by atoms with Crippen molar-refractivity contribution in [3.8, 4) is 5.75 Å². The molecule has 0 saturated carbocycles. The molecule has 0 spiro atoms. The van der Waals surface area contributed by atoms with E-state index in [0.717, 1.165) is 5.57 Å². The summed E-state index contributed by atoms with van der Waals surface area (Å²) in [4.78, 5) is 94.7. The summed E-state index contributed by atoms with van der Waals surface area (Å²) < 4.78 is 23.4. The van der Waals surface area contributed by atoms with E-state index in [1.165, 1.54) is 43.3 Å². The van der Waals surface area contributed by atoms with Crippen LogP contribution in [0, 0.1) is 5.92 Å². The number of anilines is 3. The van der Waals surface area contributed by atoms with Crippen LogP contribution in [-0.2, 0) is 54.2 Å². The normalized spacial score (nSPS) is 28.2. The van der Waals surface area contributed by atoms with Crippen molar-refractivity contribution in [1.82, 2.24) is 10.4 Å². The Labute approximate surface area is 384 Å². The molecule has 2 aromatic rings. The van der Waals surface area contributed by atoms with Crippen molar-refractivity contribution < 1.29 is 67.6 Å². The van der Waals surface area contributed by atoms with Gasteiger partial charge in [-0.05, 0) is 69.0 Å². The van der Waals surface area contributed by atoms with E-state index in [4.69, 9.17) is 47.0 Å². The summed E-state index contributed by atoms with van der Waals surface area (Å²) in [6.07, 6.45) is -0.590. The number of aromatic hydroxyl groups is 1. The number of methoxy groups -OCH3 is 1. The van der Waals surface area contributed by atoms with Gasteiger partial charge < -0.3 is 44.2 Å². The number of rotatable bonds is 10. The number of allylic oxidation sites excluding steroid dienone is 3. The predicted octanol–water partition coefficient (Wildman–Crippen LogP) is 5.83. The zero-order valence-electron chi connectivity index (χ0n) is 36.3. The van der Waals surface area contributed by atoms with Crippen LogP contribution in [0.15, 0.2) is 54.1 Å². The summed E-state index contributed by atoms with van der Waals surface area (Å²) in [5, 5.41) is 30.7. The number of carbonyl (C=O) groups is 7. The van der Waals surface area contributed by atoms with Crippen molar-refractivity contribution in [2.24, 2.45) is 5.92 Å². The monoisotopic (exact) mass is 943 g/mol. The van der Waals surface area contributed by atoms with Crippen LogP contribution in [0.2, 0.25) is 10.0 Å². The van der Waals surface area contributed by atoms with E-state index in [-0.39, 0.29) is 65.7 Å². The molecule has 350 valence electrons. The third-order valence-electron chi connectivity index (χ3n) is 11.7. The minimum Gasteiger partial charge on any atom is -0.506 e. The van der Waals surface area contributed by atoms with E-state index in [2.05, 4.69) is 16.0 Å². The number of amides is 6. The predicted molar refractivity (Wildman–Crippen MR) is 234 cm³/mol. The topological polar surface area (TPSA) is 252 Å². The molecule has 4 aliphatic heterocycles. The number of benzene rings is 2. The fourth-order valence-corrected chi connectivity index (χ4v) is 8.48. The summed E-state index contributed by atoms with van der Waals surface area (Å²) in [7, 11) is 2.86. The molecule has 2 aromatic carbocycles. The number of hydrogen-bond acceptors (Lipinski definition) is 14. The molecule has 21 heteroatoms. The SMILES string of the molecule is CO[C@@H]1/C=C/C=C(\C)Cc2cc(O)c(Cl)c(c2)N(C)C(=O)C[C@H](OC(=O)Nc2ccc(NC(=O)CCCCC(=O)ON3C(=O)CCC3=O)cc2Cl)[C@]2(C)O[C@H]2[C@H](C)[C@@H]2C[C@@]1(O)NC(=O)O2. The van der Waals surface area contributed by atoms with Gasteiger partial charge in [-0.15, -0.1) is 5.06 Å². The van der Waals surface area contributed by atoms with Crippen LogP contribution >= 0.6 is 23.2 Å². The third kappa shape index (κ3) is 11.6. The van der Waals surface area contributed by atoms with Gasteiger partial charge in [0.15, 0.2) is 5.72 Å². The van der Waals surface area contributed by atoms with Crippen LogP contribution < -0.4 is 20.9 Å². The lowest BCUT2D eigenvalue weighted by Gasteiger charge is -2.42. The first-order valence-corrected chi connectivity index (χ1v) is 21.6. The summed E-state index contributed by atoms with van der Waals surface area (Å²) in [6, 6.07) is 7.45. The maximum absolute atomic E-state index is 14.1. The lowest BCUT2D eigenvalue weighted by atomic mass is 9.83. The van der Waals surface area contributed by atoms with Gasteiger partial charge in [-0.2, -0.15) is 0 Å². The number of aliphatic hydroxyl groups is 1. The maximum Gasteiger partial charge on any atom is 0.412 e. The Hall–Kier alpha value is -5.73. The van der Waals surface area contributed by atoms with Crippen LogP contribution in [0.3, 0.4) is 0 Å². The Morgan fingerprint density at radius 3 is 2.42 bits per heavy atom. The largest absolute Gasteiger partial charge is 0.506 e. The van der Waals surface area contributed by atoms with Gasteiger partial charge in [0.1, 0.15) is 34.7 Å². The highest BCUT2D eigenvalue weighted by molar-refractivity contribution is 6.35. The zero-order chi connectivity index (χ0) is 47.4. The van der Waals surface area contributed by atoms with Crippen LogP contribution in [0.1, 0.15) is 77.7 Å². The van der Waals surface area contributed by atoms with Crippen molar-refractivity contribution in [2.45, 2.75) is 114 Å². The van der Waals surface area contributed by atoms with Crippen LogP contribution in [0.4, 0.5) is 26.7 Å². The van der Waals surface area contributed by atoms with Crippen LogP contribution in [-0.4, -0.2) is 107 Å².